The van der Waals surface area contributed by atoms with Crippen LogP contribution in [0.2, 0.25) is 0 Å². The molecule has 0 atom stereocenters. The molecule has 6 heteroatoms. The second-order valence-electron chi connectivity index (χ2n) is 4.13. The van der Waals surface area contributed by atoms with Gasteiger partial charge in [0, 0.05) is 0 Å². The Hall–Kier alpha value is -1.69. The lowest BCUT2D eigenvalue weighted by molar-refractivity contribution is 0.101. The number of hydrogen-bond acceptors (Lipinski definition) is 6. The highest BCUT2D eigenvalue weighted by molar-refractivity contribution is 7.10. The van der Waals surface area contributed by atoms with Gasteiger partial charge < -0.3 is 9.73 Å². The molecule has 0 radical (unpaired) electrons. The number of anilines is 1. The average molecular weight is 265 g/mol. The molecule has 0 aromatic carbocycles. The van der Waals surface area contributed by atoms with Gasteiger partial charge in [0.15, 0.2) is 5.78 Å². The summed E-state index contributed by atoms with van der Waals surface area (Å²) in [5.41, 5.74) is 2.30. The van der Waals surface area contributed by atoms with Gasteiger partial charge in [0.25, 0.3) is 0 Å². The third-order valence-electron chi connectivity index (χ3n) is 2.69. The first-order chi connectivity index (χ1) is 8.49. The molecule has 96 valence electrons. The number of carbonyl (C=O) groups excluding carboxylic acids is 1. The fraction of sp³-hybridized carbons (Fsp3) is 0.417. The van der Waals surface area contributed by atoms with E-state index in [4.69, 9.17) is 4.42 Å². The van der Waals surface area contributed by atoms with Crippen LogP contribution in [0.15, 0.2) is 4.42 Å². The number of oxazole rings is 1. The van der Waals surface area contributed by atoms with Crippen molar-refractivity contribution in [3.8, 4) is 0 Å². The Balaban J connectivity index is 2.13. The number of Topliss-reactive ketones (excluding diaryl/α,β-unsaturated/α-hetero) is 1. The first kappa shape index (κ1) is 12.8. The number of ketones is 1. The van der Waals surface area contributed by atoms with Crippen molar-refractivity contribution < 1.29 is 9.21 Å². The summed E-state index contributed by atoms with van der Waals surface area (Å²) in [6.07, 6.45) is 0. The largest absolute Gasteiger partial charge is 0.444 e. The number of nitrogens with zero attached hydrogens (tertiary/aromatic N) is 2. The van der Waals surface area contributed by atoms with Crippen molar-refractivity contribution in [3.05, 3.63) is 28.6 Å². The average Bonchev–Trinajstić information content (AvgIpc) is 2.80. The quantitative estimate of drug-likeness (QED) is 0.861. The Morgan fingerprint density at radius 1 is 1.33 bits per heavy atom. The third kappa shape index (κ3) is 2.43. The van der Waals surface area contributed by atoms with Gasteiger partial charge in [0.1, 0.15) is 10.8 Å². The fourth-order valence-corrected chi connectivity index (χ4v) is 2.51. The number of hydrogen-bond donors (Lipinski definition) is 1. The van der Waals surface area contributed by atoms with E-state index < -0.39 is 0 Å². The van der Waals surface area contributed by atoms with E-state index in [-0.39, 0.29) is 5.78 Å². The maximum absolute atomic E-state index is 11.5. The first-order valence-electron chi connectivity index (χ1n) is 5.63. The van der Waals surface area contributed by atoms with Crippen LogP contribution >= 0.6 is 11.5 Å². The Morgan fingerprint density at radius 3 is 2.61 bits per heavy atom. The number of aromatic nitrogens is 2. The number of nitrogens with one attached hydrogen (secondary N) is 1. The van der Waals surface area contributed by atoms with Crippen molar-refractivity contribution in [2.75, 3.05) is 5.32 Å². The molecule has 0 saturated heterocycles. The third-order valence-corrected chi connectivity index (χ3v) is 3.58. The summed E-state index contributed by atoms with van der Waals surface area (Å²) in [6.45, 7) is 7.61. The molecule has 2 aromatic heterocycles. The summed E-state index contributed by atoms with van der Waals surface area (Å²) in [4.78, 5) is 15.8. The fourth-order valence-electron chi connectivity index (χ4n) is 1.68. The molecule has 1 N–H and O–H groups in total. The summed E-state index contributed by atoms with van der Waals surface area (Å²) >= 11 is 1.28. The summed E-state index contributed by atoms with van der Waals surface area (Å²) in [7, 11) is 0. The van der Waals surface area contributed by atoms with E-state index in [2.05, 4.69) is 14.7 Å². The monoisotopic (exact) mass is 265 g/mol. The van der Waals surface area contributed by atoms with Crippen LogP contribution in [0.1, 0.15) is 40.3 Å². The van der Waals surface area contributed by atoms with Crippen LogP contribution in [0.5, 0.6) is 0 Å². The molecule has 0 spiro atoms. The first-order valence-corrected chi connectivity index (χ1v) is 6.40. The number of carbonyl (C=O) groups is 1. The maximum Gasteiger partial charge on any atom is 0.213 e. The molecule has 0 aliphatic carbocycles. The molecule has 18 heavy (non-hydrogen) atoms. The van der Waals surface area contributed by atoms with Crippen LogP contribution in [0.4, 0.5) is 5.00 Å². The molecule has 5 nitrogen and oxygen atoms in total. The molecule has 0 saturated carbocycles. The highest BCUT2D eigenvalue weighted by atomic mass is 32.1. The zero-order valence-corrected chi connectivity index (χ0v) is 11.6. The van der Waals surface area contributed by atoms with Crippen molar-refractivity contribution in [1.82, 2.24) is 9.36 Å². The van der Waals surface area contributed by atoms with Crippen LogP contribution in [0.3, 0.4) is 0 Å². The Kier molecular flexibility index (Phi) is 3.47. The van der Waals surface area contributed by atoms with Crippen molar-refractivity contribution in [3.63, 3.8) is 0 Å². The van der Waals surface area contributed by atoms with E-state index in [1.165, 1.54) is 11.5 Å². The highest BCUT2D eigenvalue weighted by Gasteiger charge is 2.15. The van der Waals surface area contributed by atoms with Crippen LogP contribution in [0.25, 0.3) is 0 Å². The Morgan fingerprint density at radius 2 is 2.06 bits per heavy atom. The zero-order chi connectivity index (χ0) is 13.3. The minimum absolute atomic E-state index is 0.0171. The van der Waals surface area contributed by atoms with E-state index >= 15 is 0 Å². The van der Waals surface area contributed by atoms with Crippen LogP contribution in [0, 0.1) is 20.8 Å². The Labute approximate surface area is 109 Å². The summed E-state index contributed by atoms with van der Waals surface area (Å²) in [5, 5.41) is 3.92. The second-order valence-corrected chi connectivity index (χ2v) is 4.90. The van der Waals surface area contributed by atoms with Crippen LogP contribution < -0.4 is 5.32 Å². The molecular weight excluding hydrogens is 250 g/mol. The maximum atomic E-state index is 11.5. The van der Waals surface area contributed by atoms with E-state index in [1.807, 2.05) is 20.8 Å². The van der Waals surface area contributed by atoms with E-state index in [9.17, 15) is 4.79 Å². The van der Waals surface area contributed by atoms with Gasteiger partial charge in [0.2, 0.25) is 5.89 Å². The second kappa shape index (κ2) is 4.89. The van der Waals surface area contributed by atoms with Gasteiger partial charge >= 0.3 is 0 Å². The van der Waals surface area contributed by atoms with Gasteiger partial charge in [-0.1, -0.05) is 0 Å². The standard InChI is InChI=1S/C12H15N3O2S/c1-6-9(4)17-10(14-6)5-13-12-11(8(3)16)7(2)15-18-12/h13H,5H2,1-4H3. The minimum Gasteiger partial charge on any atom is -0.444 e. The van der Waals surface area contributed by atoms with Gasteiger partial charge in [0.05, 0.1) is 23.5 Å². The molecule has 0 unspecified atom stereocenters. The Bertz CT molecular complexity index is 567. The molecule has 0 aliphatic rings. The lowest BCUT2D eigenvalue weighted by atomic mass is 10.2. The molecule has 0 fully saturated rings. The summed E-state index contributed by atoms with van der Waals surface area (Å²) in [5.74, 6) is 1.45. The molecule has 2 rings (SSSR count). The molecule has 0 amide bonds. The smallest absolute Gasteiger partial charge is 0.213 e. The highest BCUT2D eigenvalue weighted by Crippen LogP contribution is 2.25. The minimum atomic E-state index is 0.0171. The molecule has 0 bridgehead atoms. The zero-order valence-electron chi connectivity index (χ0n) is 10.8. The molecule has 2 heterocycles. The molecule has 2 aromatic rings. The van der Waals surface area contributed by atoms with Crippen molar-refractivity contribution >= 4 is 22.3 Å². The van der Waals surface area contributed by atoms with E-state index in [0.29, 0.717) is 18.0 Å². The van der Waals surface area contributed by atoms with Crippen LogP contribution in [-0.4, -0.2) is 15.1 Å². The van der Waals surface area contributed by atoms with Crippen molar-refractivity contribution in [2.24, 2.45) is 0 Å². The van der Waals surface area contributed by atoms with E-state index in [0.717, 1.165) is 22.1 Å². The van der Waals surface area contributed by atoms with Crippen molar-refractivity contribution in [2.45, 2.75) is 34.2 Å². The normalized spacial score (nSPS) is 10.7. The lowest BCUT2D eigenvalue weighted by Gasteiger charge is -2.02. The predicted octanol–water partition coefficient (Wildman–Crippen LogP) is 2.87. The number of aryl methyl sites for hydroxylation is 3. The van der Waals surface area contributed by atoms with Gasteiger partial charge in [-0.05, 0) is 39.2 Å². The predicted molar refractivity (Wildman–Crippen MR) is 70.2 cm³/mol. The van der Waals surface area contributed by atoms with Crippen LogP contribution in [-0.2, 0) is 6.54 Å². The summed E-state index contributed by atoms with van der Waals surface area (Å²) in [6, 6.07) is 0. The summed E-state index contributed by atoms with van der Waals surface area (Å²) < 4.78 is 9.65. The van der Waals surface area contributed by atoms with Gasteiger partial charge in [-0.25, -0.2) is 4.98 Å². The SMILES string of the molecule is CC(=O)c1c(C)nsc1NCc1nc(C)c(C)o1. The molecule has 0 aliphatic heterocycles. The molecular formula is C12H15N3O2S. The van der Waals surface area contributed by atoms with Gasteiger partial charge in [-0.3, -0.25) is 4.79 Å². The van der Waals surface area contributed by atoms with Crippen molar-refractivity contribution in [1.29, 1.82) is 0 Å². The lowest BCUT2D eigenvalue weighted by Crippen LogP contribution is -2.03. The topological polar surface area (TPSA) is 68.0 Å². The van der Waals surface area contributed by atoms with Gasteiger partial charge in [-0.2, -0.15) is 4.37 Å². The van der Waals surface area contributed by atoms with E-state index in [1.54, 1.807) is 6.92 Å². The van der Waals surface area contributed by atoms with Gasteiger partial charge in [-0.15, -0.1) is 0 Å². The number of rotatable bonds is 4.